The normalized spacial score (nSPS) is 16.5. The highest BCUT2D eigenvalue weighted by Gasteiger charge is 2.28. The SMILES string of the molecule is Cc1nc(O)c(Br)c(C2CC2)n1. The van der Waals surface area contributed by atoms with Gasteiger partial charge >= 0.3 is 0 Å². The molecule has 1 aromatic rings. The summed E-state index contributed by atoms with van der Waals surface area (Å²) in [7, 11) is 0. The number of nitrogens with zero attached hydrogens (tertiary/aromatic N) is 2. The van der Waals surface area contributed by atoms with E-state index in [1.807, 2.05) is 0 Å². The molecule has 3 nitrogen and oxygen atoms in total. The van der Waals surface area contributed by atoms with Crippen molar-refractivity contribution < 1.29 is 5.11 Å². The van der Waals surface area contributed by atoms with Gasteiger partial charge in [-0.05, 0) is 35.7 Å². The summed E-state index contributed by atoms with van der Waals surface area (Å²) in [6.45, 7) is 1.79. The van der Waals surface area contributed by atoms with Crippen LogP contribution in [-0.4, -0.2) is 15.1 Å². The molecular weight excluding hydrogens is 220 g/mol. The largest absolute Gasteiger partial charge is 0.492 e. The maximum atomic E-state index is 9.36. The monoisotopic (exact) mass is 228 g/mol. The molecule has 0 aliphatic heterocycles. The van der Waals surface area contributed by atoms with Gasteiger partial charge in [0.05, 0.1) is 5.69 Å². The lowest BCUT2D eigenvalue weighted by Gasteiger charge is -2.03. The van der Waals surface area contributed by atoms with Crippen LogP contribution < -0.4 is 0 Å². The van der Waals surface area contributed by atoms with Gasteiger partial charge in [0.1, 0.15) is 10.3 Å². The van der Waals surface area contributed by atoms with Crippen molar-refractivity contribution in [1.82, 2.24) is 9.97 Å². The summed E-state index contributed by atoms with van der Waals surface area (Å²) >= 11 is 3.28. The molecule has 4 heteroatoms. The van der Waals surface area contributed by atoms with Crippen molar-refractivity contribution in [2.75, 3.05) is 0 Å². The molecular formula is C8H9BrN2O. The summed E-state index contributed by atoms with van der Waals surface area (Å²) in [6, 6.07) is 0. The second kappa shape index (κ2) is 2.69. The minimum absolute atomic E-state index is 0.0596. The maximum Gasteiger partial charge on any atom is 0.229 e. The topological polar surface area (TPSA) is 46.0 Å². The van der Waals surface area contributed by atoms with Crippen LogP contribution in [0.3, 0.4) is 0 Å². The summed E-state index contributed by atoms with van der Waals surface area (Å²) in [6.07, 6.45) is 2.35. The lowest BCUT2D eigenvalue weighted by Crippen LogP contribution is -1.95. The maximum absolute atomic E-state index is 9.36. The predicted molar refractivity (Wildman–Crippen MR) is 48.1 cm³/mol. The molecule has 1 fully saturated rings. The van der Waals surface area contributed by atoms with E-state index in [2.05, 4.69) is 25.9 Å². The molecule has 0 amide bonds. The highest BCUT2D eigenvalue weighted by Crippen LogP contribution is 2.43. The summed E-state index contributed by atoms with van der Waals surface area (Å²) in [5.41, 5.74) is 0.958. The Bertz CT molecular complexity index is 323. The summed E-state index contributed by atoms with van der Waals surface area (Å²) in [5.74, 6) is 1.23. The molecule has 0 unspecified atom stereocenters. The van der Waals surface area contributed by atoms with Crippen molar-refractivity contribution in [2.24, 2.45) is 0 Å². The van der Waals surface area contributed by atoms with E-state index in [1.54, 1.807) is 6.92 Å². The van der Waals surface area contributed by atoms with Gasteiger partial charge in [-0.2, -0.15) is 4.98 Å². The van der Waals surface area contributed by atoms with Crippen LogP contribution in [0.2, 0.25) is 0 Å². The zero-order chi connectivity index (χ0) is 8.72. The molecule has 1 aliphatic carbocycles. The highest BCUT2D eigenvalue weighted by molar-refractivity contribution is 9.10. The number of rotatable bonds is 1. The Balaban J connectivity index is 2.51. The lowest BCUT2D eigenvalue weighted by molar-refractivity contribution is 0.444. The molecule has 0 bridgehead atoms. The van der Waals surface area contributed by atoms with E-state index in [9.17, 15) is 5.11 Å². The molecule has 64 valence electrons. The Morgan fingerprint density at radius 2 is 2.08 bits per heavy atom. The molecule has 0 aromatic carbocycles. The average molecular weight is 229 g/mol. The Hall–Kier alpha value is -0.640. The number of aromatic hydroxyl groups is 1. The predicted octanol–water partition coefficient (Wildman–Crippen LogP) is 2.13. The first kappa shape index (κ1) is 7.98. The van der Waals surface area contributed by atoms with Crippen LogP contribution in [0.5, 0.6) is 5.88 Å². The van der Waals surface area contributed by atoms with Crippen LogP contribution in [0, 0.1) is 6.92 Å². The molecule has 0 atom stereocenters. The van der Waals surface area contributed by atoms with Crippen molar-refractivity contribution in [3.8, 4) is 5.88 Å². The fraction of sp³-hybridized carbons (Fsp3) is 0.500. The van der Waals surface area contributed by atoms with E-state index < -0.39 is 0 Å². The van der Waals surface area contributed by atoms with Crippen molar-refractivity contribution in [3.05, 3.63) is 16.0 Å². The lowest BCUT2D eigenvalue weighted by atomic mass is 10.3. The number of aryl methyl sites for hydroxylation is 1. The number of hydrogen-bond acceptors (Lipinski definition) is 3. The minimum atomic E-state index is 0.0596. The molecule has 0 spiro atoms. The summed E-state index contributed by atoms with van der Waals surface area (Å²) in [5, 5.41) is 9.36. The van der Waals surface area contributed by atoms with Gasteiger partial charge in [0.25, 0.3) is 0 Å². The van der Waals surface area contributed by atoms with Crippen LogP contribution in [0.1, 0.15) is 30.3 Å². The van der Waals surface area contributed by atoms with Crippen LogP contribution >= 0.6 is 15.9 Å². The van der Waals surface area contributed by atoms with E-state index in [0.29, 0.717) is 16.2 Å². The third-order valence-electron chi connectivity index (χ3n) is 1.94. The van der Waals surface area contributed by atoms with Crippen LogP contribution in [0.25, 0.3) is 0 Å². The molecule has 1 N–H and O–H groups in total. The van der Waals surface area contributed by atoms with Crippen LogP contribution in [-0.2, 0) is 0 Å². The zero-order valence-electron chi connectivity index (χ0n) is 6.71. The first-order valence-corrected chi connectivity index (χ1v) is 4.71. The summed E-state index contributed by atoms with van der Waals surface area (Å²) in [4.78, 5) is 8.12. The van der Waals surface area contributed by atoms with E-state index in [-0.39, 0.29) is 5.88 Å². The summed E-state index contributed by atoms with van der Waals surface area (Å²) < 4.78 is 0.663. The quantitative estimate of drug-likeness (QED) is 0.802. The smallest absolute Gasteiger partial charge is 0.229 e. The van der Waals surface area contributed by atoms with Crippen molar-refractivity contribution in [2.45, 2.75) is 25.7 Å². The van der Waals surface area contributed by atoms with Gasteiger partial charge in [-0.25, -0.2) is 4.98 Å². The van der Waals surface area contributed by atoms with Crippen LogP contribution in [0.4, 0.5) is 0 Å². The number of aromatic nitrogens is 2. The second-order valence-corrected chi connectivity index (χ2v) is 3.86. The second-order valence-electron chi connectivity index (χ2n) is 3.07. The molecule has 1 heterocycles. The Morgan fingerprint density at radius 1 is 1.42 bits per heavy atom. The fourth-order valence-electron chi connectivity index (χ4n) is 1.19. The molecule has 0 saturated heterocycles. The molecule has 1 aliphatic rings. The third-order valence-corrected chi connectivity index (χ3v) is 2.70. The van der Waals surface area contributed by atoms with Gasteiger partial charge in [-0.15, -0.1) is 0 Å². The van der Waals surface area contributed by atoms with Crippen LogP contribution in [0.15, 0.2) is 4.47 Å². The highest BCUT2D eigenvalue weighted by atomic mass is 79.9. The van der Waals surface area contributed by atoms with Gasteiger partial charge < -0.3 is 5.11 Å². The first-order chi connectivity index (χ1) is 5.68. The van der Waals surface area contributed by atoms with Gasteiger partial charge in [0, 0.05) is 5.92 Å². The van der Waals surface area contributed by atoms with Gasteiger partial charge in [-0.1, -0.05) is 0 Å². The zero-order valence-corrected chi connectivity index (χ0v) is 8.30. The molecule has 1 aromatic heterocycles. The Kier molecular flexibility index (Phi) is 1.79. The molecule has 0 radical (unpaired) electrons. The standard InChI is InChI=1S/C8H9BrN2O/c1-4-10-7(5-2-3-5)6(9)8(12)11-4/h5H,2-3H2,1H3,(H,10,11,12). The minimum Gasteiger partial charge on any atom is -0.492 e. The van der Waals surface area contributed by atoms with E-state index >= 15 is 0 Å². The molecule has 12 heavy (non-hydrogen) atoms. The van der Waals surface area contributed by atoms with E-state index in [4.69, 9.17) is 0 Å². The van der Waals surface area contributed by atoms with Crippen molar-refractivity contribution in [3.63, 3.8) is 0 Å². The molecule has 1 saturated carbocycles. The average Bonchev–Trinajstić information content (AvgIpc) is 2.79. The number of hydrogen-bond donors (Lipinski definition) is 1. The van der Waals surface area contributed by atoms with Gasteiger partial charge in [0.2, 0.25) is 5.88 Å². The Labute approximate surface area is 79.0 Å². The molecule has 2 rings (SSSR count). The Morgan fingerprint density at radius 3 is 2.67 bits per heavy atom. The van der Waals surface area contributed by atoms with E-state index in [0.717, 1.165) is 5.69 Å². The van der Waals surface area contributed by atoms with Gasteiger partial charge in [-0.3, -0.25) is 0 Å². The van der Waals surface area contributed by atoms with E-state index in [1.165, 1.54) is 12.8 Å². The number of halogens is 1. The van der Waals surface area contributed by atoms with Crippen molar-refractivity contribution >= 4 is 15.9 Å². The fourth-order valence-corrected chi connectivity index (χ4v) is 1.69. The first-order valence-electron chi connectivity index (χ1n) is 3.91. The third kappa shape index (κ3) is 1.31. The van der Waals surface area contributed by atoms with Crippen molar-refractivity contribution in [1.29, 1.82) is 0 Å². The van der Waals surface area contributed by atoms with Gasteiger partial charge in [0.15, 0.2) is 0 Å².